The van der Waals surface area contributed by atoms with Crippen molar-refractivity contribution in [2.45, 2.75) is 27.1 Å². The molecule has 190 valence electrons. The van der Waals surface area contributed by atoms with Gasteiger partial charge in [0.05, 0.1) is 12.3 Å². The monoisotopic (exact) mass is 512 g/mol. The summed E-state index contributed by atoms with van der Waals surface area (Å²) in [5.41, 5.74) is 2.49. The molecule has 3 aromatic rings. The molecule has 0 bridgehead atoms. The first-order valence-electron chi connectivity index (χ1n) is 11.2. The van der Waals surface area contributed by atoms with Gasteiger partial charge < -0.3 is 14.2 Å². The summed E-state index contributed by atoms with van der Waals surface area (Å²) < 4.78 is 44.7. The van der Waals surface area contributed by atoms with Crippen LogP contribution in [0.25, 0.3) is 0 Å². The van der Waals surface area contributed by atoms with Crippen molar-refractivity contribution in [1.29, 1.82) is 0 Å². The Morgan fingerprint density at radius 1 is 0.861 bits per heavy atom. The fraction of sp³-hybridized carbons (Fsp3) is 0.231. The van der Waals surface area contributed by atoms with Crippen molar-refractivity contribution in [2.75, 3.05) is 17.5 Å². The maximum absolute atomic E-state index is 13.1. The lowest BCUT2D eigenvalue weighted by Gasteiger charge is -2.24. The highest BCUT2D eigenvalue weighted by atomic mass is 32.2. The normalized spacial score (nSPS) is 10.8. The van der Waals surface area contributed by atoms with Gasteiger partial charge in [-0.2, -0.15) is 8.42 Å². The molecule has 0 unspecified atom stereocenters. The predicted molar refractivity (Wildman–Crippen MR) is 135 cm³/mol. The second-order valence-electron chi connectivity index (χ2n) is 7.70. The summed E-state index contributed by atoms with van der Waals surface area (Å²) in [6.45, 7) is 2.97. The predicted octanol–water partition coefficient (Wildman–Crippen LogP) is 4.11. The number of hydrogen-bond acceptors (Lipinski definition) is 7. The first-order chi connectivity index (χ1) is 17.3. The molecule has 0 aliphatic rings. The molecule has 0 aliphatic carbocycles. The van der Waals surface area contributed by atoms with Gasteiger partial charge >= 0.3 is 22.3 Å². The number of nitrogens with zero attached hydrogens (tertiary/aromatic N) is 1. The summed E-state index contributed by atoms with van der Waals surface area (Å²) in [5, 5.41) is 0. The zero-order valence-electron chi connectivity index (χ0n) is 20.0. The summed E-state index contributed by atoms with van der Waals surface area (Å²) in [5.74, 6) is -0.361. The first kappa shape index (κ1) is 26.6. The van der Waals surface area contributed by atoms with Crippen molar-refractivity contribution in [1.82, 2.24) is 4.72 Å². The molecule has 0 saturated carbocycles. The number of ether oxygens (including phenoxy) is 3. The molecule has 0 saturated heterocycles. The van der Waals surface area contributed by atoms with Gasteiger partial charge in [-0.1, -0.05) is 66.7 Å². The Kier molecular flexibility index (Phi) is 9.29. The molecule has 36 heavy (non-hydrogen) atoms. The van der Waals surface area contributed by atoms with E-state index < -0.39 is 28.8 Å². The van der Waals surface area contributed by atoms with Crippen LogP contribution in [0.1, 0.15) is 23.6 Å². The lowest BCUT2D eigenvalue weighted by Crippen LogP contribution is -2.46. The number of esters is 1. The van der Waals surface area contributed by atoms with E-state index in [1.54, 1.807) is 43.3 Å². The fourth-order valence-corrected chi connectivity index (χ4v) is 4.23. The van der Waals surface area contributed by atoms with Gasteiger partial charge in [0.25, 0.3) is 0 Å². The number of nitrogens with one attached hydrogen (secondary N) is 1. The Morgan fingerprint density at radius 2 is 1.47 bits per heavy atom. The molecule has 0 aliphatic heterocycles. The van der Waals surface area contributed by atoms with Crippen molar-refractivity contribution >= 4 is 28.0 Å². The summed E-state index contributed by atoms with van der Waals surface area (Å²) in [4.78, 5) is 24.5. The number of hydrogen-bond donors (Lipinski definition) is 1. The molecule has 0 spiro atoms. The first-order valence-corrected chi connectivity index (χ1v) is 12.7. The topological polar surface area (TPSA) is 111 Å². The molecule has 9 nitrogen and oxygen atoms in total. The van der Waals surface area contributed by atoms with E-state index in [9.17, 15) is 18.0 Å². The maximum Gasteiger partial charge on any atom is 0.422 e. The highest BCUT2D eigenvalue weighted by Crippen LogP contribution is 2.27. The average Bonchev–Trinajstić information content (AvgIpc) is 2.87. The summed E-state index contributed by atoms with van der Waals surface area (Å²) in [6, 6.07) is 23.0. The van der Waals surface area contributed by atoms with Crippen LogP contribution < -0.4 is 13.8 Å². The van der Waals surface area contributed by atoms with Crippen LogP contribution >= 0.6 is 0 Å². The quantitative estimate of drug-likeness (QED) is 0.385. The summed E-state index contributed by atoms with van der Waals surface area (Å²) in [7, 11) is -4.54. The number of aryl methyl sites for hydroxylation is 1. The fourth-order valence-electron chi connectivity index (χ4n) is 3.19. The molecule has 1 amide bonds. The minimum absolute atomic E-state index is 0.0681. The molecule has 0 radical (unpaired) electrons. The van der Waals surface area contributed by atoms with Gasteiger partial charge in [0.1, 0.15) is 25.5 Å². The Morgan fingerprint density at radius 3 is 2.08 bits per heavy atom. The largest absolute Gasteiger partial charge is 0.489 e. The van der Waals surface area contributed by atoms with E-state index in [-0.39, 0.29) is 25.5 Å². The van der Waals surface area contributed by atoms with Gasteiger partial charge in [0, 0.05) is 6.07 Å². The van der Waals surface area contributed by atoms with Crippen LogP contribution in [-0.4, -0.2) is 33.6 Å². The minimum Gasteiger partial charge on any atom is -0.489 e. The second kappa shape index (κ2) is 12.6. The van der Waals surface area contributed by atoms with Crippen LogP contribution in [0.2, 0.25) is 0 Å². The third-order valence-corrected chi connectivity index (χ3v) is 6.33. The van der Waals surface area contributed by atoms with E-state index in [2.05, 4.69) is 0 Å². The van der Waals surface area contributed by atoms with Crippen molar-refractivity contribution in [3.8, 4) is 5.75 Å². The van der Waals surface area contributed by atoms with E-state index in [0.717, 1.165) is 15.4 Å². The van der Waals surface area contributed by atoms with Crippen LogP contribution in [0.5, 0.6) is 5.75 Å². The molecule has 3 rings (SSSR count). The summed E-state index contributed by atoms with van der Waals surface area (Å²) >= 11 is 0. The van der Waals surface area contributed by atoms with Gasteiger partial charge in [-0.3, -0.25) is 4.79 Å². The molecular formula is C26H28N2O7S. The van der Waals surface area contributed by atoms with Gasteiger partial charge in [-0.15, -0.1) is 0 Å². The zero-order valence-corrected chi connectivity index (χ0v) is 20.9. The average molecular weight is 513 g/mol. The maximum atomic E-state index is 13.1. The Balaban J connectivity index is 1.80. The molecule has 3 aromatic carbocycles. The van der Waals surface area contributed by atoms with Gasteiger partial charge in [-0.25, -0.2) is 13.8 Å². The molecule has 10 heteroatoms. The van der Waals surface area contributed by atoms with Crippen molar-refractivity contribution < 1.29 is 32.2 Å². The lowest BCUT2D eigenvalue weighted by atomic mass is 10.2. The number of carbonyl (C=O) groups excluding carboxylic acids is 2. The number of benzene rings is 3. The van der Waals surface area contributed by atoms with E-state index in [1.165, 1.54) is 12.1 Å². The molecule has 0 atom stereocenters. The van der Waals surface area contributed by atoms with Crippen LogP contribution in [-0.2, 0) is 37.7 Å². The number of amides is 1. The van der Waals surface area contributed by atoms with Crippen molar-refractivity contribution in [3.63, 3.8) is 0 Å². The molecular weight excluding hydrogens is 484 g/mol. The van der Waals surface area contributed by atoms with Gasteiger partial charge in [0.15, 0.2) is 0 Å². The number of anilines is 1. The SMILES string of the molecule is CCOC(=O)CN(c1ccc(C)c(OCc2ccccc2)c1)S(=O)(=O)NC(=O)OCc1ccccc1. The third-order valence-electron chi connectivity index (χ3n) is 4.99. The molecule has 0 fully saturated rings. The van der Waals surface area contributed by atoms with Crippen LogP contribution in [0.3, 0.4) is 0 Å². The standard InChI is InChI=1S/C26H28N2O7S/c1-3-33-25(29)17-28(36(31,32)27-26(30)35-19-22-12-8-5-9-13-22)23-15-14-20(2)24(16-23)34-18-21-10-6-4-7-11-21/h4-16H,3,17-19H2,1-2H3,(H,27,30). The van der Waals surface area contributed by atoms with Crippen LogP contribution in [0.15, 0.2) is 78.9 Å². The second-order valence-corrected chi connectivity index (χ2v) is 9.30. The van der Waals surface area contributed by atoms with Crippen LogP contribution in [0.4, 0.5) is 10.5 Å². The lowest BCUT2D eigenvalue weighted by molar-refractivity contribution is -0.141. The van der Waals surface area contributed by atoms with Crippen molar-refractivity contribution in [2.24, 2.45) is 0 Å². The van der Waals surface area contributed by atoms with E-state index in [1.807, 2.05) is 42.0 Å². The minimum atomic E-state index is -4.54. The van der Waals surface area contributed by atoms with E-state index in [0.29, 0.717) is 11.3 Å². The van der Waals surface area contributed by atoms with E-state index >= 15 is 0 Å². The Hall–Kier alpha value is -4.05. The van der Waals surface area contributed by atoms with Crippen LogP contribution in [0, 0.1) is 6.92 Å². The highest BCUT2D eigenvalue weighted by Gasteiger charge is 2.29. The van der Waals surface area contributed by atoms with E-state index in [4.69, 9.17) is 14.2 Å². The number of rotatable bonds is 11. The zero-order chi connectivity index (χ0) is 26.0. The molecule has 0 heterocycles. The third kappa shape index (κ3) is 7.74. The smallest absolute Gasteiger partial charge is 0.422 e. The van der Waals surface area contributed by atoms with Gasteiger partial charge in [-0.05, 0) is 36.6 Å². The Bertz CT molecular complexity index is 1270. The summed E-state index contributed by atoms with van der Waals surface area (Å²) in [6.07, 6.45) is -1.18. The molecule has 0 aromatic heterocycles. The highest BCUT2D eigenvalue weighted by molar-refractivity contribution is 7.91. The van der Waals surface area contributed by atoms with Gasteiger partial charge in [0.2, 0.25) is 0 Å². The van der Waals surface area contributed by atoms with Crippen molar-refractivity contribution in [3.05, 3.63) is 95.6 Å². The Labute approximate surface area is 210 Å². The molecule has 1 N–H and O–H groups in total. The number of carbonyl (C=O) groups is 2.